The highest BCUT2D eigenvalue weighted by atomic mass is 127. The molecule has 2 rings (SSSR count). The van der Waals surface area contributed by atoms with Crippen molar-refractivity contribution in [3.63, 3.8) is 0 Å². The maximum atomic E-state index is 5.41. The third kappa shape index (κ3) is 5.66. The average Bonchev–Trinajstić information content (AvgIpc) is 2.55. The predicted molar refractivity (Wildman–Crippen MR) is 109 cm³/mol. The second-order valence-corrected chi connectivity index (χ2v) is 5.88. The summed E-state index contributed by atoms with van der Waals surface area (Å²) in [7, 11) is 3.49. The summed E-state index contributed by atoms with van der Waals surface area (Å²) in [5.74, 6) is 0.776. The van der Waals surface area contributed by atoms with Crippen molar-refractivity contribution >= 4 is 40.7 Å². The van der Waals surface area contributed by atoms with E-state index in [1.165, 1.54) is 16.3 Å². The molecule has 0 aromatic heterocycles. The molecule has 2 aromatic carbocycles. The quantitative estimate of drug-likeness (QED) is 0.436. The summed E-state index contributed by atoms with van der Waals surface area (Å²) in [6.45, 7) is 5.50. The minimum Gasteiger partial charge on any atom is -0.377 e. The van der Waals surface area contributed by atoms with Gasteiger partial charge in [0.05, 0.1) is 5.60 Å². The molecule has 0 unspecified atom stereocenters. The normalized spacial score (nSPS) is 11.9. The maximum Gasteiger partial charge on any atom is 0.191 e. The molecular weight excluding hydrogens is 401 g/mol. The van der Waals surface area contributed by atoms with E-state index in [2.05, 4.69) is 58.1 Å². The molecule has 0 fully saturated rings. The molecule has 126 valence electrons. The van der Waals surface area contributed by atoms with Crippen molar-refractivity contribution in [2.75, 3.05) is 20.7 Å². The lowest BCUT2D eigenvalue weighted by atomic mass is 10.0. The largest absolute Gasteiger partial charge is 0.377 e. The Morgan fingerprint density at radius 1 is 1.09 bits per heavy atom. The number of fused-ring (bicyclic) bond motifs is 1. The molecular formula is C18H26IN3O. The average molecular weight is 427 g/mol. The number of guanidine groups is 1. The first-order valence-electron chi connectivity index (χ1n) is 7.52. The van der Waals surface area contributed by atoms with Crippen molar-refractivity contribution in [2.24, 2.45) is 4.99 Å². The SMILES string of the molecule is CN=C(NCc1cccc2ccccc12)NCC(C)(C)OC.I. The molecule has 0 aliphatic heterocycles. The van der Waals surface area contributed by atoms with Crippen LogP contribution in [-0.4, -0.2) is 32.3 Å². The zero-order valence-electron chi connectivity index (χ0n) is 14.2. The highest BCUT2D eigenvalue weighted by molar-refractivity contribution is 14.0. The number of aliphatic imine (C=N–C) groups is 1. The van der Waals surface area contributed by atoms with Crippen LogP contribution in [0, 0.1) is 0 Å². The second kappa shape index (κ2) is 9.08. The van der Waals surface area contributed by atoms with Gasteiger partial charge in [-0.25, -0.2) is 0 Å². The van der Waals surface area contributed by atoms with Gasteiger partial charge in [-0.3, -0.25) is 4.99 Å². The summed E-state index contributed by atoms with van der Waals surface area (Å²) in [5.41, 5.74) is 1.03. The molecule has 5 heteroatoms. The number of nitrogens with one attached hydrogen (secondary N) is 2. The summed E-state index contributed by atoms with van der Waals surface area (Å²) in [6, 6.07) is 14.8. The van der Waals surface area contributed by atoms with Gasteiger partial charge in [0.2, 0.25) is 0 Å². The van der Waals surface area contributed by atoms with Crippen molar-refractivity contribution in [2.45, 2.75) is 26.0 Å². The zero-order chi connectivity index (χ0) is 16.0. The van der Waals surface area contributed by atoms with Gasteiger partial charge in [0.15, 0.2) is 5.96 Å². The summed E-state index contributed by atoms with van der Waals surface area (Å²) < 4.78 is 5.41. The number of hydrogen-bond acceptors (Lipinski definition) is 2. The smallest absolute Gasteiger partial charge is 0.191 e. The Morgan fingerprint density at radius 3 is 2.48 bits per heavy atom. The van der Waals surface area contributed by atoms with E-state index in [9.17, 15) is 0 Å². The van der Waals surface area contributed by atoms with Gasteiger partial charge >= 0.3 is 0 Å². The Kier molecular flexibility index (Phi) is 7.78. The Hall–Kier alpha value is -1.34. The summed E-state index contributed by atoms with van der Waals surface area (Å²) in [4.78, 5) is 4.26. The lowest BCUT2D eigenvalue weighted by Crippen LogP contribution is -2.45. The summed E-state index contributed by atoms with van der Waals surface area (Å²) >= 11 is 0. The summed E-state index contributed by atoms with van der Waals surface area (Å²) in [5, 5.41) is 9.17. The first kappa shape index (κ1) is 19.7. The molecule has 0 bridgehead atoms. The van der Waals surface area contributed by atoms with E-state index < -0.39 is 0 Å². The minimum atomic E-state index is -0.225. The van der Waals surface area contributed by atoms with Crippen LogP contribution in [0.1, 0.15) is 19.4 Å². The molecule has 0 heterocycles. The lowest BCUT2D eigenvalue weighted by Gasteiger charge is -2.24. The van der Waals surface area contributed by atoms with Gasteiger partial charge in [0.25, 0.3) is 0 Å². The zero-order valence-corrected chi connectivity index (χ0v) is 16.5. The van der Waals surface area contributed by atoms with Gasteiger partial charge < -0.3 is 15.4 Å². The van der Waals surface area contributed by atoms with Crippen molar-refractivity contribution in [3.05, 3.63) is 48.0 Å². The van der Waals surface area contributed by atoms with Gasteiger partial charge in [0, 0.05) is 27.2 Å². The van der Waals surface area contributed by atoms with Crippen LogP contribution in [0.15, 0.2) is 47.5 Å². The van der Waals surface area contributed by atoms with Crippen LogP contribution in [0.25, 0.3) is 10.8 Å². The topological polar surface area (TPSA) is 45.7 Å². The Morgan fingerprint density at radius 2 is 1.78 bits per heavy atom. The van der Waals surface area contributed by atoms with E-state index >= 15 is 0 Å². The molecule has 0 spiro atoms. The van der Waals surface area contributed by atoms with E-state index in [1.807, 2.05) is 13.8 Å². The van der Waals surface area contributed by atoms with Gasteiger partial charge in [-0.15, -0.1) is 24.0 Å². The highest BCUT2D eigenvalue weighted by Crippen LogP contribution is 2.18. The maximum absolute atomic E-state index is 5.41. The van der Waals surface area contributed by atoms with E-state index in [-0.39, 0.29) is 29.6 Å². The van der Waals surface area contributed by atoms with Crippen LogP contribution in [0.3, 0.4) is 0 Å². The number of benzene rings is 2. The number of nitrogens with zero attached hydrogens (tertiary/aromatic N) is 1. The van der Waals surface area contributed by atoms with E-state index in [0.717, 1.165) is 12.5 Å². The van der Waals surface area contributed by atoms with Gasteiger partial charge in [-0.1, -0.05) is 42.5 Å². The van der Waals surface area contributed by atoms with Crippen LogP contribution in [0.4, 0.5) is 0 Å². The van der Waals surface area contributed by atoms with Crippen molar-refractivity contribution in [3.8, 4) is 0 Å². The van der Waals surface area contributed by atoms with Crippen molar-refractivity contribution in [1.82, 2.24) is 10.6 Å². The fourth-order valence-corrected chi connectivity index (χ4v) is 2.21. The second-order valence-electron chi connectivity index (χ2n) is 5.88. The van der Waals surface area contributed by atoms with Crippen LogP contribution in [0.2, 0.25) is 0 Å². The number of halogens is 1. The standard InChI is InChI=1S/C18H25N3O.HI/c1-18(2,22-4)13-21-17(19-3)20-12-15-10-7-9-14-8-5-6-11-16(14)15;/h5-11H,12-13H2,1-4H3,(H2,19,20,21);1H. The Labute approximate surface area is 155 Å². The highest BCUT2D eigenvalue weighted by Gasteiger charge is 2.16. The van der Waals surface area contributed by atoms with Gasteiger partial charge in [-0.05, 0) is 30.2 Å². The Balaban J connectivity index is 0.00000264. The van der Waals surface area contributed by atoms with E-state index in [0.29, 0.717) is 6.54 Å². The third-order valence-electron chi connectivity index (χ3n) is 3.78. The number of ether oxygens (including phenoxy) is 1. The molecule has 0 atom stereocenters. The van der Waals surface area contributed by atoms with Crippen LogP contribution in [-0.2, 0) is 11.3 Å². The first-order chi connectivity index (χ1) is 10.6. The first-order valence-corrected chi connectivity index (χ1v) is 7.52. The predicted octanol–water partition coefficient (Wildman–Crippen LogP) is 3.55. The molecule has 0 aliphatic rings. The third-order valence-corrected chi connectivity index (χ3v) is 3.78. The molecule has 0 saturated heterocycles. The molecule has 0 amide bonds. The Bertz CT molecular complexity index is 650. The molecule has 0 radical (unpaired) electrons. The van der Waals surface area contributed by atoms with Crippen LogP contribution >= 0.6 is 24.0 Å². The fourth-order valence-electron chi connectivity index (χ4n) is 2.21. The van der Waals surface area contributed by atoms with E-state index in [4.69, 9.17) is 4.74 Å². The number of methoxy groups -OCH3 is 1. The summed E-state index contributed by atoms with van der Waals surface area (Å²) in [6.07, 6.45) is 0. The van der Waals surface area contributed by atoms with Gasteiger partial charge in [0.1, 0.15) is 0 Å². The monoisotopic (exact) mass is 427 g/mol. The molecule has 2 N–H and O–H groups in total. The lowest BCUT2D eigenvalue weighted by molar-refractivity contribution is 0.0268. The van der Waals surface area contributed by atoms with Crippen molar-refractivity contribution < 1.29 is 4.74 Å². The molecule has 0 saturated carbocycles. The fraction of sp³-hybridized carbons (Fsp3) is 0.389. The molecule has 2 aromatic rings. The van der Waals surface area contributed by atoms with E-state index in [1.54, 1.807) is 14.2 Å². The van der Waals surface area contributed by atoms with Crippen LogP contribution in [0.5, 0.6) is 0 Å². The van der Waals surface area contributed by atoms with Gasteiger partial charge in [-0.2, -0.15) is 0 Å². The van der Waals surface area contributed by atoms with Crippen molar-refractivity contribution in [1.29, 1.82) is 0 Å². The molecule has 23 heavy (non-hydrogen) atoms. The molecule has 0 aliphatic carbocycles. The number of hydrogen-bond donors (Lipinski definition) is 2. The number of rotatable bonds is 5. The molecule has 4 nitrogen and oxygen atoms in total. The minimum absolute atomic E-state index is 0. The van der Waals surface area contributed by atoms with Crippen LogP contribution < -0.4 is 10.6 Å².